The number of rotatable bonds is 6. The molecule has 3 rings (SSSR count). The Bertz CT molecular complexity index is 784. The minimum atomic E-state index is -0.427. The first-order valence-electron chi connectivity index (χ1n) is 8.20. The predicted octanol–water partition coefficient (Wildman–Crippen LogP) is 3.71. The number of anilines is 1. The lowest BCUT2D eigenvalue weighted by molar-refractivity contribution is -0.119. The van der Waals surface area contributed by atoms with Crippen molar-refractivity contribution in [1.82, 2.24) is 4.98 Å². The van der Waals surface area contributed by atoms with Gasteiger partial charge in [0.2, 0.25) is 5.91 Å². The standard InChI is InChI=1S/C18H19FN2O3S/c1-3-24-17(23)15-11(2)20-18(25-15)21(16(22)13-6-7-13)10-12-4-8-14(19)9-5-12/h4-5,8-9,13H,3,6-7,10H2,1-2H3. The molecule has 132 valence electrons. The molecule has 0 atom stereocenters. The first-order valence-corrected chi connectivity index (χ1v) is 9.01. The van der Waals surface area contributed by atoms with Crippen LogP contribution in [0.15, 0.2) is 24.3 Å². The van der Waals surface area contributed by atoms with Gasteiger partial charge >= 0.3 is 5.97 Å². The van der Waals surface area contributed by atoms with Crippen molar-refractivity contribution in [2.45, 2.75) is 33.2 Å². The molecule has 5 nitrogen and oxygen atoms in total. The highest BCUT2D eigenvalue weighted by Crippen LogP contribution is 2.35. The van der Waals surface area contributed by atoms with E-state index in [9.17, 15) is 14.0 Å². The average Bonchev–Trinajstić information content (AvgIpc) is 3.36. The highest BCUT2D eigenvalue weighted by Gasteiger charge is 2.35. The largest absolute Gasteiger partial charge is 0.462 e. The Morgan fingerprint density at radius 2 is 2.00 bits per heavy atom. The second-order valence-corrected chi connectivity index (χ2v) is 6.93. The van der Waals surface area contributed by atoms with Gasteiger partial charge in [0.1, 0.15) is 10.7 Å². The summed E-state index contributed by atoms with van der Waals surface area (Å²) in [5.41, 5.74) is 1.35. The molecule has 0 spiro atoms. The number of ether oxygens (including phenoxy) is 1. The maximum Gasteiger partial charge on any atom is 0.350 e. The molecule has 7 heteroatoms. The van der Waals surface area contributed by atoms with Crippen molar-refractivity contribution >= 4 is 28.3 Å². The first-order chi connectivity index (χ1) is 12.0. The molecule has 25 heavy (non-hydrogen) atoms. The van der Waals surface area contributed by atoms with E-state index in [1.165, 1.54) is 12.1 Å². The summed E-state index contributed by atoms with van der Waals surface area (Å²) in [5.74, 6) is -0.743. The van der Waals surface area contributed by atoms with Crippen molar-refractivity contribution in [3.05, 3.63) is 46.2 Å². The van der Waals surface area contributed by atoms with Gasteiger partial charge in [0.05, 0.1) is 18.8 Å². The summed E-state index contributed by atoms with van der Waals surface area (Å²) in [6.07, 6.45) is 1.74. The number of thiazole rings is 1. The van der Waals surface area contributed by atoms with Crippen molar-refractivity contribution in [2.24, 2.45) is 5.92 Å². The molecule has 0 unspecified atom stereocenters. The number of carbonyl (C=O) groups is 2. The molecular weight excluding hydrogens is 343 g/mol. The van der Waals surface area contributed by atoms with Crippen molar-refractivity contribution in [3.8, 4) is 0 Å². The molecule has 0 bridgehead atoms. The van der Waals surface area contributed by atoms with Gasteiger partial charge in [-0.25, -0.2) is 14.2 Å². The number of aryl methyl sites for hydroxylation is 1. The smallest absolute Gasteiger partial charge is 0.350 e. The average molecular weight is 362 g/mol. The Labute approximate surface area is 149 Å². The van der Waals surface area contributed by atoms with Gasteiger partial charge in [-0.05, 0) is 44.4 Å². The fourth-order valence-corrected chi connectivity index (χ4v) is 3.41. The van der Waals surface area contributed by atoms with Gasteiger partial charge < -0.3 is 4.74 Å². The van der Waals surface area contributed by atoms with E-state index in [0.717, 1.165) is 29.7 Å². The fourth-order valence-electron chi connectivity index (χ4n) is 2.45. The Morgan fingerprint density at radius 3 is 2.60 bits per heavy atom. The lowest BCUT2D eigenvalue weighted by atomic mass is 10.2. The van der Waals surface area contributed by atoms with Gasteiger partial charge in [-0.15, -0.1) is 0 Å². The number of benzene rings is 1. The number of halogens is 1. The van der Waals surface area contributed by atoms with Crippen molar-refractivity contribution in [3.63, 3.8) is 0 Å². The van der Waals surface area contributed by atoms with Crippen LogP contribution in [-0.4, -0.2) is 23.5 Å². The second kappa shape index (κ2) is 7.31. The molecule has 0 saturated heterocycles. The predicted molar refractivity (Wildman–Crippen MR) is 93.1 cm³/mol. The van der Waals surface area contributed by atoms with E-state index in [1.54, 1.807) is 30.9 Å². The number of nitrogens with zero attached hydrogens (tertiary/aromatic N) is 2. The fraction of sp³-hybridized carbons (Fsp3) is 0.389. The normalized spacial score (nSPS) is 13.6. The molecular formula is C18H19FN2O3S. The summed E-state index contributed by atoms with van der Waals surface area (Å²) in [7, 11) is 0. The van der Waals surface area contributed by atoms with Crippen LogP contribution in [0.1, 0.15) is 40.7 Å². The third kappa shape index (κ3) is 4.04. The quantitative estimate of drug-likeness (QED) is 0.735. The summed E-state index contributed by atoms with van der Waals surface area (Å²) < 4.78 is 18.2. The molecule has 0 aliphatic heterocycles. The summed E-state index contributed by atoms with van der Waals surface area (Å²) in [5, 5.41) is 0.474. The number of aromatic nitrogens is 1. The Hall–Kier alpha value is -2.28. The zero-order valence-electron chi connectivity index (χ0n) is 14.1. The molecule has 1 aromatic heterocycles. The van der Waals surface area contributed by atoms with E-state index in [-0.39, 0.29) is 24.2 Å². The molecule has 1 saturated carbocycles. The van der Waals surface area contributed by atoms with Crippen LogP contribution in [-0.2, 0) is 16.1 Å². The van der Waals surface area contributed by atoms with Crippen molar-refractivity contribution in [2.75, 3.05) is 11.5 Å². The van der Waals surface area contributed by atoms with Gasteiger partial charge in [0.15, 0.2) is 5.13 Å². The van der Waals surface area contributed by atoms with Crippen LogP contribution in [0.3, 0.4) is 0 Å². The number of hydrogen-bond acceptors (Lipinski definition) is 5. The molecule has 1 aliphatic rings. The van der Waals surface area contributed by atoms with E-state index in [4.69, 9.17) is 4.74 Å². The molecule has 2 aromatic rings. The van der Waals surface area contributed by atoms with Crippen LogP contribution < -0.4 is 4.90 Å². The van der Waals surface area contributed by atoms with Crippen LogP contribution >= 0.6 is 11.3 Å². The summed E-state index contributed by atoms with van der Waals surface area (Å²) in [4.78, 5) is 31.1. The zero-order chi connectivity index (χ0) is 18.0. The summed E-state index contributed by atoms with van der Waals surface area (Å²) in [6.45, 7) is 4.05. The van der Waals surface area contributed by atoms with Crippen LogP contribution in [0.4, 0.5) is 9.52 Å². The number of amides is 1. The maximum atomic E-state index is 13.1. The lowest BCUT2D eigenvalue weighted by Gasteiger charge is -2.20. The molecule has 1 aliphatic carbocycles. The highest BCUT2D eigenvalue weighted by molar-refractivity contribution is 7.17. The van der Waals surface area contributed by atoms with Gasteiger partial charge in [-0.2, -0.15) is 0 Å². The van der Waals surface area contributed by atoms with Gasteiger partial charge in [-0.3, -0.25) is 9.69 Å². The molecule has 1 aromatic carbocycles. The second-order valence-electron chi connectivity index (χ2n) is 5.96. The summed E-state index contributed by atoms with van der Waals surface area (Å²) in [6, 6.07) is 6.03. The minimum absolute atomic E-state index is 0.00603. The van der Waals surface area contributed by atoms with E-state index >= 15 is 0 Å². The minimum Gasteiger partial charge on any atom is -0.462 e. The van der Waals surface area contributed by atoms with Gasteiger partial charge in [0.25, 0.3) is 0 Å². The summed E-state index contributed by atoms with van der Waals surface area (Å²) >= 11 is 1.16. The Balaban J connectivity index is 1.89. The van der Waals surface area contributed by atoms with Crippen LogP contribution in [0, 0.1) is 18.7 Å². The zero-order valence-corrected chi connectivity index (χ0v) is 14.9. The topological polar surface area (TPSA) is 59.5 Å². The first kappa shape index (κ1) is 17.5. The van der Waals surface area contributed by atoms with E-state index in [1.807, 2.05) is 0 Å². The molecule has 1 fully saturated rings. The van der Waals surface area contributed by atoms with Crippen LogP contribution in [0.25, 0.3) is 0 Å². The molecule has 1 heterocycles. The molecule has 0 radical (unpaired) electrons. The third-order valence-electron chi connectivity index (χ3n) is 3.92. The third-order valence-corrected chi connectivity index (χ3v) is 5.08. The molecule has 1 amide bonds. The Morgan fingerprint density at radius 1 is 1.32 bits per heavy atom. The lowest BCUT2D eigenvalue weighted by Crippen LogP contribution is -2.31. The molecule has 0 N–H and O–H groups in total. The van der Waals surface area contributed by atoms with E-state index < -0.39 is 5.97 Å². The maximum absolute atomic E-state index is 13.1. The SMILES string of the molecule is CCOC(=O)c1sc(N(Cc2ccc(F)cc2)C(=O)C2CC2)nc1C. The number of esters is 1. The number of carbonyl (C=O) groups excluding carboxylic acids is 2. The van der Waals surface area contributed by atoms with Crippen LogP contribution in [0.5, 0.6) is 0 Å². The van der Waals surface area contributed by atoms with Gasteiger partial charge in [0, 0.05) is 5.92 Å². The number of hydrogen-bond donors (Lipinski definition) is 0. The monoisotopic (exact) mass is 362 g/mol. The van der Waals surface area contributed by atoms with E-state index in [0.29, 0.717) is 22.2 Å². The van der Waals surface area contributed by atoms with Crippen molar-refractivity contribution < 1.29 is 18.7 Å². The Kier molecular flexibility index (Phi) is 5.13. The van der Waals surface area contributed by atoms with Gasteiger partial charge in [-0.1, -0.05) is 23.5 Å². The highest BCUT2D eigenvalue weighted by atomic mass is 32.1. The van der Waals surface area contributed by atoms with E-state index in [2.05, 4.69) is 4.98 Å². The van der Waals surface area contributed by atoms with Crippen molar-refractivity contribution in [1.29, 1.82) is 0 Å². The van der Waals surface area contributed by atoms with Crippen LogP contribution in [0.2, 0.25) is 0 Å².